The maximum Gasteiger partial charge on any atom is 0.238 e. The number of rotatable bonds is 9. The topological polar surface area (TPSA) is 71.3 Å². The molecular formula is C98H60N8S2. The van der Waals surface area contributed by atoms with E-state index in [0.29, 0.717) is 17.6 Å². The van der Waals surface area contributed by atoms with Gasteiger partial charge >= 0.3 is 0 Å². The molecule has 23 aromatic rings. The number of para-hydroxylation sites is 4. The Morgan fingerprint density at radius 1 is 0.194 bits per heavy atom. The van der Waals surface area contributed by atoms with Gasteiger partial charge in [0.2, 0.25) is 5.95 Å². The number of fused-ring (bicyclic) bond motifs is 20. The SMILES string of the molecule is c1ccc(-c2cc(-n3c4ccccc4c4cc(-n5c6ccccc6c6c7sc8ccccc8c7ccc65)ccc43)cc(-c3ccccc3)n2)cc1.c1ccc(-c2nc(-c3ccccc3)nc(-n3c4ccccc4c4cc(-c5ccc(-n6c7ccccc7c7c8sc9ccccc9c8ccc76)cc5)ccc43)n2)cc1. The molecule has 0 unspecified atom stereocenters. The fourth-order valence-electron chi connectivity index (χ4n) is 16.6. The number of pyridine rings is 1. The maximum absolute atomic E-state index is 5.17. The molecule has 0 atom stereocenters. The number of thiophene rings is 2. The molecule has 10 heteroatoms. The van der Waals surface area contributed by atoms with Gasteiger partial charge in [0.25, 0.3) is 0 Å². The zero-order chi connectivity index (χ0) is 70.9. The lowest BCUT2D eigenvalue weighted by atomic mass is 10.0. The Morgan fingerprint density at radius 2 is 0.556 bits per heavy atom. The zero-order valence-corrected chi connectivity index (χ0v) is 59.7. The van der Waals surface area contributed by atoms with Crippen LogP contribution in [-0.4, -0.2) is 38.2 Å². The van der Waals surface area contributed by atoms with Crippen LogP contribution >= 0.6 is 22.7 Å². The number of benzene rings is 15. The van der Waals surface area contributed by atoms with E-state index in [0.717, 1.165) is 89.2 Å². The van der Waals surface area contributed by atoms with Crippen LogP contribution in [-0.2, 0) is 0 Å². The minimum atomic E-state index is 0.588. The Balaban J connectivity index is 0.000000135. The molecule has 0 spiro atoms. The lowest BCUT2D eigenvalue weighted by molar-refractivity contribution is 0.953. The van der Waals surface area contributed by atoms with Gasteiger partial charge in [-0.25, -0.2) is 9.97 Å². The van der Waals surface area contributed by atoms with Crippen LogP contribution in [0.3, 0.4) is 0 Å². The summed E-state index contributed by atoms with van der Waals surface area (Å²) in [7, 11) is 0. The van der Waals surface area contributed by atoms with Crippen molar-refractivity contribution in [3.8, 4) is 79.4 Å². The first kappa shape index (κ1) is 61.6. The Bertz CT molecular complexity index is 7420. The first-order chi connectivity index (χ1) is 53.6. The van der Waals surface area contributed by atoms with E-state index in [-0.39, 0.29) is 0 Å². The van der Waals surface area contributed by atoms with E-state index in [1.807, 2.05) is 83.3 Å². The average molecular weight is 1410 g/mol. The Labute approximate surface area is 627 Å². The molecule has 0 fully saturated rings. The van der Waals surface area contributed by atoms with E-state index in [1.165, 1.54) is 100 Å². The second-order valence-corrected chi connectivity index (χ2v) is 29.7. The van der Waals surface area contributed by atoms with E-state index in [4.69, 9.17) is 19.9 Å². The van der Waals surface area contributed by atoms with Crippen LogP contribution in [0.5, 0.6) is 0 Å². The summed E-state index contributed by atoms with van der Waals surface area (Å²) in [5.74, 6) is 1.86. The quantitative estimate of drug-likeness (QED) is 0.144. The predicted octanol–water partition coefficient (Wildman–Crippen LogP) is 26.4. The molecule has 0 bridgehead atoms. The highest BCUT2D eigenvalue weighted by molar-refractivity contribution is 7.27. The van der Waals surface area contributed by atoms with Crippen molar-refractivity contribution in [2.24, 2.45) is 0 Å². The highest BCUT2D eigenvalue weighted by Gasteiger charge is 2.24. The van der Waals surface area contributed by atoms with Gasteiger partial charge in [0.1, 0.15) is 0 Å². The molecule has 15 aromatic carbocycles. The second-order valence-electron chi connectivity index (χ2n) is 27.6. The molecule has 23 rings (SSSR count). The summed E-state index contributed by atoms with van der Waals surface area (Å²) < 4.78 is 14.8. The third kappa shape index (κ3) is 9.88. The molecule has 0 aliphatic heterocycles. The molecule has 8 nitrogen and oxygen atoms in total. The summed E-state index contributed by atoms with van der Waals surface area (Å²) in [5, 5.41) is 15.2. The van der Waals surface area contributed by atoms with Crippen LogP contribution in [0.4, 0.5) is 0 Å². The van der Waals surface area contributed by atoms with Crippen molar-refractivity contribution in [2.45, 2.75) is 0 Å². The Morgan fingerprint density at radius 3 is 1.07 bits per heavy atom. The van der Waals surface area contributed by atoms with Crippen LogP contribution in [0.2, 0.25) is 0 Å². The minimum Gasteiger partial charge on any atom is -0.309 e. The fourth-order valence-corrected chi connectivity index (χ4v) is 19.1. The summed E-state index contributed by atoms with van der Waals surface area (Å²) in [6.45, 7) is 0. The number of nitrogens with zero attached hydrogens (tertiary/aromatic N) is 8. The molecule has 0 N–H and O–H groups in total. The second kappa shape index (κ2) is 24.9. The summed E-state index contributed by atoms with van der Waals surface area (Å²) >= 11 is 3.79. The molecule has 8 heterocycles. The molecule has 0 saturated heterocycles. The van der Waals surface area contributed by atoms with Crippen molar-refractivity contribution in [2.75, 3.05) is 0 Å². The van der Waals surface area contributed by atoms with E-state index in [1.54, 1.807) is 0 Å². The molecule has 0 amide bonds. The number of aromatic nitrogens is 8. The summed E-state index contributed by atoms with van der Waals surface area (Å²) in [6.07, 6.45) is 0. The lowest BCUT2D eigenvalue weighted by Gasteiger charge is -2.13. The third-order valence-electron chi connectivity index (χ3n) is 21.5. The van der Waals surface area contributed by atoms with Crippen molar-refractivity contribution in [1.29, 1.82) is 0 Å². The van der Waals surface area contributed by atoms with Crippen molar-refractivity contribution in [3.63, 3.8) is 0 Å². The monoisotopic (exact) mass is 1410 g/mol. The van der Waals surface area contributed by atoms with Crippen molar-refractivity contribution in [1.82, 2.24) is 38.2 Å². The number of hydrogen-bond donors (Lipinski definition) is 0. The van der Waals surface area contributed by atoms with E-state index >= 15 is 0 Å². The molecule has 0 aliphatic carbocycles. The van der Waals surface area contributed by atoms with Crippen LogP contribution in [0.25, 0.3) is 207 Å². The first-order valence-electron chi connectivity index (χ1n) is 36.4. The fraction of sp³-hybridized carbons (Fsp3) is 0. The van der Waals surface area contributed by atoms with Gasteiger partial charge in [0.15, 0.2) is 11.6 Å². The van der Waals surface area contributed by atoms with Gasteiger partial charge in [-0.2, -0.15) is 9.97 Å². The van der Waals surface area contributed by atoms with Crippen LogP contribution in [0.15, 0.2) is 364 Å². The van der Waals surface area contributed by atoms with Crippen LogP contribution < -0.4 is 0 Å². The molecule has 504 valence electrons. The van der Waals surface area contributed by atoms with E-state index in [9.17, 15) is 0 Å². The van der Waals surface area contributed by atoms with E-state index < -0.39 is 0 Å². The standard InChI is InChI=1S/C51H31N5S.C47H29N3S/c1-3-13-33(14-4-1)49-52-50(34-15-5-2-6-16-34)54-51(53-49)56-42-20-10-7-17-37(42)41-31-35(25-29-44(41)56)32-23-26-36(27-24-32)55-43-21-11-8-19-40(43)47-45(55)30-28-39-38-18-9-12-22-46(38)57-48(39)47;1-3-13-30(14-4-1)39-28-33(29-40(48-39)31-15-5-2-6-16-31)50-41-20-10-7-17-34(41)38-27-32(23-25-43(38)50)49-42-21-11-8-19-37(42)46-44(49)26-24-36-35-18-9-12-22-45(35)51-47(36)46/h1-31H;1-29H. The van der Waals surface area contributed by atoms with Crippen molar-refractivity contribution in [3.05, 3.63) is 364 Å². The summed E-state index contributed by atoms with van der Waals surface area (Å²) in [6, 6.07) is 130. The highest BCUT2D eigenvalue weighted by Crippen LogP contribution is 2.47. The van der Waals surface area contributed by atoms with Gasteiger partial charge in [-0.1, -0.05) is 261 Å². The molecule has 0 saturated carbocycles. The first-order valence-corrected chi connectivity index (χ1v) is 38.1. The minimum absolute atomic E-state index is 0.588. The highest BCUT2D eigenvalue weighted by atomic mass is 32.1. The molecule has 0 radical (unpaired) electrons. The van der Waals surface area contributed by atoms with Gasteiger partial charge in [0, 0.05) is 117 Å². The molecule has 108 heavy (non-hydrogen) atoms. The third-order valence-corrected chi connectivity index (χ3v) is 23.9. The Hall–Kier alpha value is -13.9. The summed E-state index contributed by atoms with van der Waals surface area (Å²) in [4.78, 5) is 20.3. The number of hydrogen-bond acceptors (Lipinski definition) is 6. The largest absolute Gasteiger partial charge is 0.309 e. The lowest BCUT2D eigenvalue weighted by Crippen LogP contribution is -2.06. The van der Waals surface area contributed by atoms with Gasteiger partial charge in [0.05, 0.1) is 61.2 Å². The molecule has 0 aliphatic rings. The van der Waals surface area contributed by atoms with Gasteiger partial charge in [-0.05, 0) is 114 Å². The van der Waals surface area contributed by atoms with Crippen LogP contribution in [0, 0.1) is 0 Å². The normalized spacial score (nSPS) is 11.9. The van der Waals surface area contributed by atoms with Crippen molar-refractivity contribution >= 4 is 150 Å². The zero-order valence-electron chi connectivity index (χ0n) is 58.0. The van der Waals surface area contributed by atoms with Crippen LogP contribution in [0.1, 0.15) is 0 Å². The molecular weight excluding hydrogens is 1350 g/mol. The smallest absolute Gasteiger partial charge is 0.238 e. The Kier molecular flexibility index (Phi) is 14.2. The van der Waals surface area contributed by atoms with E-state index in [2.05, 4.69) is 322 Å². The maximum atomic E-state index is 5.17. The van der Waals surface area contributed by atoms with Crippen molar-refractivity contribution < 1.29 is 0 Å². The summed E-state index contributed by atoms with van der Waals surface area (Å²) in [5.41, 5.74) is 21.0. The predicted molar refractivity (Wildman–Crippen MR) is 454 cm³/mol. The van der Waals surface area contributed by atoms with Gasteiger partial charge < -0.3 is 13.7 Å². The molecule has 8 aromatic heterocycles. The van der Waals surface area contributed by atoms with Gasteiger partial charge in [-0.3, -0.25) is 4.57 Å². The average Bonchev–Trinajstić information content (AvgIpc) is 1.57. The van der Waals surface area contributed by atoms with Gasteiger partial charge in [-0.15, -0.1) is 22.7 Å².